The molecule has 0 atom stereocenters. The molecule has 2 aromatic carbocycles. The van der Waals surface area contributed by atoms with Crippen LogP contribution in [-0.4, -0.2) is 39.8 Å². The Balaban J connectivity index is 1.85. The zero-order valence-corrected chi connectivity index (χ0v) is 17.8. The summed E-state index contributed by atoms with van der Waals surface area (Å²) in [6.45, 7) is 2.68. The number of halogens is 1. The summed E-state index contributed by atoms with van der Waals surface area (Å²) in [5.41, 5.74) is 1.84. The molecule has 0 spiro atoms. The van der Waals surface area contributed by atoms with E-state index in [0.29, 0.717) is 31.6 Å². The summed E-state index contributed by atoms with van der Waals surface area (Å²) in [5.74, 6) is -1.42. The number of esters is 1. The van der Waals surface area contributed by atoms with E-state index in [-0.39, 0.29) is 34.6 Å². The lowest BCUT2D eigenvalue weighted by atomic mass is 10.0. The highest BCUT2D eigenvalue weighted by Gasteiger charge is 2.18. The van der Waals surface area contributed by atoms with Crippen LogP contribution in [0.25, 0.3) is 10.9 Å². The van der Waals surface area contributed by atoms with E-state index in [1.807, 2.05) is 28.8 Å². The van der Waals surface area contributed by atoms with Gasteiger partial charge in [-0.05, 0) is 37.6 Å². The maximum Gasteiger partial charge on any atom is 0.305 e. The molecule has 1 aromatic heterocycles. The maximum atomic E-state index is 13.2. The second-order valence-electron chi connectivity index (χ2n) is 6.90. The van der Waals surface area contributed by atoms with Crippen LogP contribution < -0.4 is 5.32 Å². The molecule has 2 N–H and O–H groups in total. The van der Waals surface area contributed by atoms with Crippen molar-refractivity contribution in [1.82, 2.24) is 4.57 Å². The van der Waals surface area contributed by atoms with Gasteiger partial charge in [-0.25, -0.2) is 0 Å². The Kier molecular flexibility index (Phi) is 7.31. The van der Waals surface area contributed by atoms with Gasteiger partial charge in [0.25, 0.3) is 0 Å². The summed E-state index contributed by atoms with van der Waals surface area (Å²) in [6.07, 6.45) is 2.65. The molecule has 0 radical (unpaired) electrons. The molecule has 7 nitrogen and oxygen atoms in total. The smallest absolute Gasteiger partial charge is 0.305 e. The number of aromatic nitrogens is 1. The lowest BCUT2D eigenvalue weighted by molar-refractivity contribution is -0.143. The third kappa shape index (κ3) is 5.24. The topological polar surface area (TPSA) is 97.6 Å². The molecule has 3 rings (SSSR count). The van der Waals surface area contributed by atoms with Crippen LogP contribution in [0.4, 0.5) is 5.69 Å². The number of phenols is 1. The van der Waals surface area contributed by atoms with Crippen LogP contribution in [-0.2, 0) is 20.9 Å². The first-order valence-electron chi connectivity index (χ1n) is 9.91. The number of amides is 1. The lowest BCUT2D eigenvalue weighted by Crippen LogP contribution is -2.13. The number of hydrogen-bond donors (Lipinski definition) is 2. The van der Waals surface area contributed by atoms with E-state index in [2.05, 4.69) is 5.32 Å². The number of para-hydroxylation sites is 1. The van der Waals surface area contributed by atoms with Gasteiger partial charge in [0.15, 0.2) is 5.78 Å². The number of aromatic hydroxyl groups is 1. The number of carbonyl (C=O) groups is 3. The first-order valence-corrected chi connectivity index (χ1v) is 10.4. The van der Waals surface area contributed by atoms with Crippen LogP contribution in [0.5, 0.6) is 5.75 Å². The summed E-state index contributed by atoms with van der Waals surface area (Å²) in [6, 6.07) is 11.8. The summed E-state index contributed by atoms with van der Waals surface area (Å²) in [5, 5.41) is 13.4. The molecule has 0 saturated heterocycles. The molecule has 0 aliphatic heterocycles. The quantitative estimate of drug-likeness (QED) is 0.225. The minimum absolute atomic E-state index is 0.184. The number of phenolic OH excluding ortho intramolecular Hbond substituents is 1. The Morgan fingerprint density at radius 1 is 1.16 bits per heavy atom. The van der Waals surface area contributed by atoms with Crippen LogP contribution in [0.3, 0.4) is 0 Å². The molecule has 3 aromatic rings. The normalized spacial score (nSPS) is 10.8. The highest BCUT2D eigenvalue weighted by molar-refractivity contribution is 6.29. The van der Waals surface area contributed by atoms with E-state index in [0.717, 1.165) is 10.9 Å². The lowest BCUT2D eigenvalue weighted by Gasteiger charge is -2.07. The fourth-order valence-corrected chi connectivity index (χ4v) is 3.42. The van der Waals surface area contributed by atoms with Crippen molar-refractivity contribution in [3.63, 3.8) is 0 Å². The van der Waals surface area contributed by atoms with Crippen molar-refractivity contribution in [3.05, 3.63) is 59.8 Å². The summed E-state index contributed by atoms with van der Waals surface area (Å²) in [7, 11) is 0. The number of carbonyl (C=O) groups excluding carboxylic acids is 3. The number of hydrogen-bond acceptors (Lipinski definition) is 5. The monoisotopic (exact) mass is 442 g/mol. The Bertz CT molecular complexity index is 1120. The van der Waals surface area contributed by atoms with Crippen molar-refractivity contribution in [1.29, 1.82) is 0 Å². The van der Waals surface area contributed by atoms with E-state index in [1.165, 1.54) is 12.1 Å². The van der Waals surface area contributed by atoms with Gasteiger partial charge < -0.3 is 19.7 Å². The van der Waals surface area contributed by atoms with Crippen LogP contribution in [0.2, 0.25) is 0 Å². The molecular weight excluding hydrogens is 420 g/mol. The summed E-state index contributed by atoms with van der Waals surface area (Å²) in [4.78, 5) is 36.2. The molecular formula is C23H23ClN2O5. The van der Waals surface area contributed by atoms with Crippen molar-refractivity contribution in [2.75, 3.05) is 17.8 Å². The molecule has 1 heterocycles. The van der Waals surface area contributed by atoms with Gasteiger partial charge in [-0.2, -0.15) is 0 Å². The SMILES string of the molecule is CCOC(=O)CCCn1cc(C(=O)c2ccc(NC(=O)CCl)c(O)c2)c2ccccc21. The second-order valence-corrected chi connectivity index (χ2v) is 7.17. The van der Waals surface area contributed by atoms with Gasteiger partial charge in [0.2, 0.25) is 5.91 Å². The molecule has 0 aliphatic rings. The average Bonchev–Trinajstić information content (AvgIpc) is 3.13. The molecule has 8 heteroatoms. The number of aryl methyl sites for hydroxylation is 1. The number of rotatable bonds is 9. The zero-order valence-electron chi connectivity index (χ0n) is 17.1. The Hall–Kier alpha value is -3.32. The van der Waals surface area contributed by atoms with E-state index < -0.39 is 5.91 Å². The summed E-state index contributed by atoms with van der Waals surface area (Å²) >= 11 is 5.47. The van der Waals surface area contributed by atoms with Crippen LogP contribution >= 0.6 is 11.6 Å². The Labute approximate surface area is 184 Å². The first kappa shape index (κ1) is 22.4. The van der Waals surface area contributed by atoms with Crippen molar-refractivity contribution in [2.24, 2.45) is 0 Å². The van der Waals surface area contributed by atoms with Crippen LogP contribution in [0.1, 0.15) is 35.7 Å². The number of ether oxygens (including phenoxy) is 1. The van der Waals surface area contributed by atoms with Gasteiger partial charge in [-0.15, -0.1) is 11.6 Å². The molecule has 0 unspecified atom stereocenters. The van der Waals surface area contributed by atoms with Gasteiger partial charge in [-0.1, -0.05) is 18.2 Å². The van der Waals surface area contributed by atoms with Crippen molar-refractivity contribution in [3.8, 4) is 5.75 Å². The van der Waals surface area contributed by atoms with E-state index in [1.54, 1.807) is 19.2 Å². The highest BCUT2D eigenvalue weighted by Crippen LogP contribution is 2.28. The summed E-state index contributed by atoms with van der Waals surface area (Å²) < 4.78 is 6.90. The van der Waals surface area contributed by atoms with E-state index in [9.17, 15) is 19.5 Å². The van der Waals surface area contributed by atoms with E-state index in [4.69, 9.17) is 16.3 Å². The molecule has 162 valence electrons. The molecule has 0 saturated carbocycles. The molecule has 0 bridgehead atoms. The van der Waals surface area contributed by atoms with Crippen molar-refractivity contribution >= 4 is 45.9 Å². The Morgan fingerprint density at radius 2 is 1.94 bits per heavy atom. The van der Waals surface area contributed by atoms with Crippen LogP contribution in [0, 0.1) is 0 Å². The second kappa shape index (κ2) is 10.1. The fraction of sp³-hybridized carbons (Fsp3) is 0.261. The molecule has 0 aliphatic carbocycles. The predicted octanol–water partition coefficient (Wildman–Crippen LogP) is 4.10. The zero-order chi connectivity index (χ0) is 22.4. The average molecular weight is 443 g/mol. The number of ketones is 1. The molecule has 1 amide bonds. The third-order valence-electron chi connectivity index (χ3n) is 4.77. The van der Waals surface area contributed by atoms with Crippen molar-refractivity contribution < 1.29 is 24.2 Å². The molecule has 0 fully saturated rings. The van der Waals surface area contributed by atoms with Gasteiger partial charge in [0, 0.05) is 41.2 Å². The molecule has 31 heavy (non-hydrogen) atoms. The van der Waals surface area contributed by atoms with Gasteiger partial charge in [-0.3, -0.25) is 14.4 Å². The maximum absolute atomic E-state index is 13.2. The highest BCUT2D eigenvalue weighted by atomic mass is 35.5. The first-order chi connectivity index (χ1) is 14.9. The fourth-order valence-electron chi connectivity index (χ4n) is 3.36. The van der Waals surface area contributed by atoms with Gasteiger partial charge in [0.05, 0.1) is 12.3 Å². The number of fused-ring (bicyclic) bond motifs is 1. The minimum Gasteiger partial charge on any atom is -0.506 e. The number of benzene rings is 2. The number of alkyl halides is 1. The van der Waals surface area contributed by atoms with E-state index >= 15 is 0 Å². The predicted molar refractivity (Wildman–Crippen MR) is 119 cm³/mol. The third-order valence-corrected chi connectivity index (χ3v) is 5.02. The van der Waals surface area contributed by atoms with Gasteiger partial charge in [0.1, 0.15) is 11.6 Å². The number of anilines is 1. The van der Waals surface area contributed by atoms with Crippen LogP contribution in [0.15, 0.2) is 48.7 Å². The number of nitrogens with zero attached hydrogens (tertiary/aromatic N) is 1. The standard InChI is InChI=1S/C23H23ClN2O5/c1-2-31-22(29)8-5-11-26-14-17(16-6-3-4-7-19(16)26)23(30)15-9-10-18(20(27)12-15)25-21(28)13-24/h3-4,6-7,9-10,12,14,27H,2,5,8,11,13H2,1H3,(H,25,28). The largest absolute Gasteiger partial charge is 0.506 e. The number of nitrogens with one attached hydrogen (secondary N) is 1. The minimum atomic E-state index is -0.457. The van der Waals surface area contributed by atoms with Gasteiger partial charge >= 0.3 is 5.97 Å². The van der Waals surface area contributed by atoms with Crippen molar-refractivity contribution in [2.45, 2.75) is 26.3 Å². The Morgan fingerprint density at radius 3 is 2.65 bits per heavy atom.